The van der Waals surface area contributed by atoms with Crippen molar-refractivity contribution in [1.29, 1.82) is 0 Å². The molecule has 0 atom stereocenters. The number of aryl methyl sites for hydroxylation is 1. The standard InChI is InChI=1S/C13H14N2O3/c1-9-13(15-6-5-14-9)18-11-4-3-10(8-16)7-12(11)17-2/h3-7,16H,8H2,1-2H3. The average molecular weight is 246 g/mol. The number of ether oxygens (including phenoxy) is 2. The molecule has 0 unspecified atom stereocenters. The van der Waals surface area contributed by atoms with Crippen LogP contribution in [0.3, 0.4) is 0 Å². The summed E-state index contributed by atoms with van der Waals surface area (Å²) in [6.07, 6.45) is 3.17. The lowest BCUT2D eigenvalue weighted by Crippen LogP contribution is -1.96. The molecule has 0 aliphatic carbocycles. The molecule has 0 saturated heterocycles. The van der Waals surface area contributed by atoms with Gasteiger partial charge in [0.15, 0.2) is 11.5 Å². The van der Waals surface area contributed by atoms with Crippen LogP contribution in [0.4, 0.5) is 0 Å². The van der Waals surface area contributed by atoms with Crippen molar-refractivity contribution in [2.45, 2.75) is 13.5 Å². The van der Waals surface area contributed by atoms with Crippen LogP contribution in [0.5, 0.6) is 17.4 Å². The Balaban J connectivity index is 2.32. The monoisotopic (exact) mass is 246 g/mol. The largest absolute Gasteiger partial charge is 0.493 e. The highest BCUT2D eigenvalue weighted by Crippen LogP contribution is 2.32. The van der Waals surface area contributed by atoms with Crippen molar-refractivity contribution in [3.05, 3.63) is 41.9 Å². The lowest BCUT2D eigenvalue weighted by atomic mass is 10.2. The molecule has 1 aromatic carbocycles. The fraction of sp³-hybridized carbons (Fsp3) is 0.231. The number of rotatable bonds is 4. The summed E-state index contributed by atoms with van der Waals surface area (Å²) in [6, 6.07) is 5.23. The van der Waals surface area contributed by atoms with Gasteiger partial charge in [-0.1, -0.05) is 6.07 Å². The van der Waals surface area contributed by atoms with Crippen LogP contribution in [-0.4, -0.2) is 22.2 Å². The third-order valence-electron chi connectivity index (χ3n) is 2.45. The molecule has 2 rings (SSSR count). The van der Waals surface area contributed by atoms with E-state index in [1.807, 2.05) is 6.92 Å². The molecule has 0 saturated carbocycles. The number of nitrogens with zero attached hydrogens (tertiary/aromatic N) is 2. The third-order valence-corrected chi connectivity index (χ3v) is 2.45. The van der Waals surface area contributed by atoms with Crippen LogP contribution >= 0.6 is 0 Å². The Hall–Kier alpha value is -2.14. The number of methoxy groups -OCH3 is 1. The summed E-state index contributed by atoms with van der Waals surface area (Å²) in [6.45, 7) is 1.78. The first-order chi connectivity index (χ1) is 8.74. The van der Waals surface area contributed by atoms with Gasteiger partial charge in [-0.2, -0.15) is 0 Å². The highest BCUT2D eigenvalue weighted by atomic mass is 16.5. The van der Waals surface area contributed by atoms with Crippen LogP contribution in [0.1, 0.15) is 11.3 Å². The minimum absolute atomic E-state index is 0.0409. The Morgan fingerprint density at radius 3 is 2.61 bits per heavy atom. The van der Waals surface area contributed by atoms with E-state index in [9.17, 15) is 0 Å². The topological polar surface area (TPSA) is 64.5 Å². The highest BCUT2D eigenvalue weighted by molar-refractivity contribution is 5.44. The van der Waals surface area contributed by atoms with Crippen molar-refractivity contribution >= 4 is 0 Å². The quantitative estimate of drug-likeness (QED) is 0.894. The summed E-state index contributed by atoms with van der Waals surface area (Å²) >= 11 is 0. The summed E-state index contributed by atoms with van der Waals surface area (Å²) in [7, 11) is 1.55. The maximum atomic E-state index is 9.06. The van der Waals surface area contributed by atoms with Gasteiger partial charge in [0, 0.05) is 12.4 Å². The summed E-state index contributed by atoms with van der Waals surface area (Å²) < 4.78 is 10.9. The predicted octanol–water partition coefficient (Wildman–Crippen LogP) is 2.08. The van der Waals surface area contributed by atoms with Crippen LogP contribution in [0.2, 0.25) is 0 Å². The van der Waals surface area contributed by atoms with Crippen LogP contribution in [0, 0.1) is 6.92 Å². The molecule has 94 valence electrons. The van der Waals surface area contributed by atoms with Gasteiger partial charge in [-0.15, -0.1) is 0 Å². The zero-order valence-electron chi connectivity index (χ0n) is 10.3. The van der Waals surface area contributed by atoms with E-state index >= 15 is 0 Å². The molecular formula is C13H14N2O3. The Labute approximate surface area is 105 Å². The van der Waals surface area contributed by atoms with Crippen molar-refractivity contribution in [3.8, 4) is 17.4 Å². The third kappa shape index (κ3) is 2.57. The van der Waals surface area contributed by atoms with Gasteiger partial charge in [0.25, 0.3) is 0 Å². The number of hydrogen-bond donors (Lipinski definition) is 1. The number of aliphatic hydroxyl groups is 1. The second-order valence-corrected chi connectivity index (χ2v) is 3.69. The van der Waals surface area contributed by atoms with Gasteiger partial charge in [0.1, 0.15) is 0 Å². The zero-order valence-corrected chi connectivity index (χ0v) is 10.3. The highest BCUT2D eigenvalue weighted by Gasteiger charge is 2.09. The van der Waals surface area contributed by atoms with Gasteiger partial charge in [-0.25, -0.2) is 4.98 Å². The van der Waals surface area contributed by atoms with Gasteiger partial charge in [0.2, 0.25) is 5.88 Å². The molecule has 0 spiro atoms. The predicted molar refractivity (Wildman–Crippen MR) is 65.8 cm³/mol. The average Bonchev–Trinajstić information content (AvgIpc) is 2.41. The van der Waals surface area contributed by atoms with E-state index in [2.05, 4.69) is 9.97 Å². The molecule has 1 aromatic heterocycles. The SMILES string of the molecule is COc1cc(CO)ccc1Oc1nccnc1C. The molecule has 1 heterocycles. The normalized spacial score (nSPS) is 10.2. The van der Waals surface area contributed by atoms with E-state index in [1.165, 1.54) is 0 Å². The van der Waals surface area contributed by atoms with E-state index in [4.69, 9.17) is 14.6 Å². The van der Waals surface area contributed by atoms with Crippen LogP contribution in [0.25, 0.3) is 0 Å². The molecule has 0 aliphatic heterocycles. The van der Waals surface area contributed by atoms with Crippen LogP contribution < -0.4 is 9.47 Å². The first-order valence-corrected chi connectivity index (χ1v) is 5.48. The van der Waals surface area contributed by atoms with Crippen LogP contribution in [-0.2, 0) is 6.61 Å². The van der Waals surface area contributed by atoms with Crippen LogP contribution in [0.15, 0.2) is 30.6 Å². The Bertz CT molecular complexity index is 544. The van der Waals surface area contributed by atoms with E-state index in [0.717, 1.165) is 5.56 Å². The number of hydrogen-bond acceptors (Lipinski definition) is 5. The number of aliphatic hydroxyl groups excluding tert-OH is 1. The molecule has 18 heavy (non-hydrogen) atoms. The fourth-order valence-electron chi connectivity index (χ4n) is 1.49. The smallest absolute Gasteiger partial charge is 0.241 e. The Morgan fingerprint density at radius 1 is 1.17 bits per heavy atom. The van der Waals surface area contributed by atoms with Crippen molar-refractivity contribution in [1.82, 2.24) is 9.97 Å². The molecule has 2 aromatic rings. The first-order valence-electron chi connectivity index (χ1n) is 5.48. The summed E-state index contributed by atoms with van der Waals surface area (Å²) in [4.78, 5) is 8.20. The number of aromatic nitrogens is 2. The maximum absolute atomic E-state index is 9.06. The fourth-order valence-corrected chi connectivity index (χ4v) is 1.49. The first kappa shape index (κ1) is 12.3. The van der Waals surface area contributed by atoms with Crippen molar-refractivity contribution in [2.75, 3.05) is 7.11 Å². The van der Waals surface area contributed by atoms with Gasteiger partial charge >= 0.3 is 0 Å². The lowest BCUT2D eigenvalue weighted by molar-refractivity contribution is 0.280. The molecule has 5 heteroatoms. The molecule has 0 amide bonds. The van der Waals surface area contributed by atoms with E-state index in [-0.39, 0.29) is 6.61 Å². The Morgan fingerprint density at radius 2 is 1.94 bits per heavy atom. The zero-order chi connectivity index (χ0) is 13.0. The summed E-state index contributed by atoms with van der Waals surface area (Å²) in [5.41, 5.74) is 1.46. The second kappa shape index (κ2) is 5.46. The molecule has 0 aliphatic rings. The van der Waals surface area contributed by atoms with Crippen molar-refractivity contribution in [2.24, 2.45) is 0 Å². The van der Waals surface area contributed by atoms with E-state index in [0.29, 0.717) is 23.1 Å². The summed E-state index contributed by atoms with van der Waals surface area (Å²) in [5.74, 6) is 1.53. The molecule has 0 fully saturated rings. The molecule has 0 radical (unpaired) electrons. The van der Waals surface area contributed by atoms with Crippen molar-refractivity contribution in [3.63, 3.8) is 0 Å². The maximum Gasteiger partial charge on any atom is 0.241 e. The van der Waals surface area contributed by atoms with E-state index < -0.39 is 0 Å². The molecule has 1 N–H and O–H groups in total. The molecule has 5 nitrogen and oxygen atoms in total. The van der Waals surface area contributed by atoms with E-state index in [1.54, 1.807) is 37.7 Å². The van der Waals surface area contributed by atoms with Crippen molar-refractivity contribution < 1.29 is 14.6 Å². The van der Waals surface area contributed by atoms with Gasteiger partial charge in [-0.05, 0) is 24.6 Å². The van der Waals surface area contributed by atoms with Gasteiger partial charge in [-0.3, -0.25) is 4.98 Å². The minimum Gasteiger partial charge on any atom is -0.493 e. The molecular weight excluding hydrogens is 232 g/mol. The Kier molecular flexibility index (Phi) is 3.74. The van der Waals surface area contributed by atoms with Gasteiger partial charge < -0.3 is 14.6 Å². The summed E-state index contributed by atoms with van der Waals surface area (Å²) in [5, 5.41) is 9.06. The molecule has 0 bridgehead atoms. The second-order valence-electron chi connectivity index (χ2n) is 3.69. The number of benzene rings is 1. The van der Waals surface area contributed by atoms with Gasteiger partial charge in [0.05, 0.1) is 19.4 Å². The minimum atomic E-state index is -0.0409. The lowest BCUT2D eigenvalue weighted by Gasteiger charge is -2.11.